The third-order valence-corrected chi connectivity index (χ3v) is 3.51. The van der Waals surface area contributed by atoms with Gasteiger partial charge in [0, 0.05) is 26.8 Å². The highest BCUT2D eigenvalue weighted by Gasteiger charge is 2.27. The first kappa shape index (κ1) is 13.8. The van der Waals surface area contributed by atoms with E-state index in [-0.39, 0.29) is 11.3 Å². The highest BCUT2D eigenvalue weighted by molar-refractivity contribution is 5.97. The number of methoxy groups -OCH3 is 1. The van der Waals surface area contributed by atoms with E-state index in [0.29, 0.717) is 25.6 Å². The Morgan fingerprint density at radius 1 is 1.47 bits per heavy atom. The average Bonchev–Trinajstić information content (AvgIpc) is 2.39. The van der Waals surface area contributed by atoms with E-state index in [2.05, 4.69) is 0 Å². The Morgan fingerprint density at radius 2 is 2.16 bits per heavy atom. The molecule has 0 radical (unpaired) electrons. The number of phenolic OH excluding ortho intramolecular Hbond substituents is 1. The zero-order valence-corrected chi connectivity index (χ0v) is 10.9. The van der Waals surface area contributed by atoms with E-state index in [1.54, 1.807) is 12.0 Å². The van der Waals surface area contributed by atoms with Crippen molar-refractivity contribution in [3.63, 3.8) is 0 Å². The minimum Gasteiger partial charge on any atom is -0.507 e. The number of nitrogens with zero attached hydrogens (tertiary/aromatic N) is 1. The van der Waals surface area contributed by atoms with E-state index < -0.39 is 11.7 Å². The molecule has 0 saturated carbocycles. The van der Waals surface area contributed by atoms with Crippen LogP contribution in [0.15, 0.2) is 18.2 Å². The van der Waals surface area contributed by atoms with E-state index in [1.165, 1.54) is 18.2 Å². The van der Waals surface area contributed by atoms with Crippen LogP contribution in [-0.2, 0) is 4.74 Å². The highest BCUT2D eigenvalue weighted by atomic mass is 19.1. The SMILES string of the molecule is COCC1CCN(C(=O)c2c(O)cccc2F)CC1. The van der Waals surface area contributed by atoms with Crippen LogP contribution in [0.25, 0.3) is 0 Å². The fraction of sp³-hybridized carbons (Fsp3) is 0.500. The summed E-state index contributed by atoms with van der Waals surface area (Å²) in [6.07, 6.45) is 1.68. The first-order chi connectivity index (χ1) is 9.13. The second kappa shape index (κ2) is 6.02. The number of hydrogen-bond donors (Lipinski definition) is 1. The third kappa shape index (κ3) is 3.04. The molecule has 0 aromatic heterocycles. The molecule has 1 saturated heterocycles. The second-order valence-corrected chi connectivity index (χ2v) is 4.82. The molecule has 0 bridgehead atoms. The van der Waals surface area contributed by atoms with Gasteiger partial charge < -0.3 is 14.7 Å². The van der Waals surface area contributed by atoms with E-state index in [4.69, 9.17) is 4.74 Å². The Balaban J connectivity index is 2.05. The minimum absolute atomic E-state index is 0.229. The molecule has 1 fully saturated rings. The molecule has 1 aromatic rings. The van der Waals surface area contributed by atoms with Gasteiger partial charge in [0.1, 0.15) is 17.1 Å². The summed E-state index contributed by atoms with van der Waals surface area (Å²) in [5.74, 6) is -0.970. The van der Waals surface area contributed by atoms with Crippen LogP contribution in [0.3, 0.4) is 0 Å². The Labute approximate surface area is 111 Å². The standard InChI is InChI=1S/C14H18FNO3/c1-19-9-10-5-7-16(8-6-10)14(18)13-11(15)3-2-4-12(13)17/h2-4,10,17H,5-9H2,1H3. The molecular weight excluding hydrogens is 249 g/mol. The molecule has 0 aliphatic carbocycles. The van der Waals surface area contributed by atoms with Crippen molar-refractivity contribution in [2.75, 3.05) is 26.8 Å². The molecule has 2 rings (SSSR count). The van der Waals surface area contributed by atoms with Crippen molar-refractivity contribution in [3.05, 3.63) is 29.6 Å². The van der Waals surface area contributed by atoms with E-state index in [1.807, 2.05) is 0 Å². The summed E-state index contributed by atoms with van der Waals surface area (Å²) in [4.78, 5) is 13.8. The Kier molecular flexibility index (Phi) is 4.37. The van der Waals surface area contributed by atoms with Gasteiger partial charge in [-0.1, -0.05) is 6.07 Å². The zero-order chi connectivity index (χ0) is 13.8. The number of ether oxygens (including phenoxy) is 1. The number of phenols is 1. The fourth-order valence-corrected chi connectivity index (χ4v) is 2.42. The first-order valence-electron chi connectivity index (χ1n) is 6.39. The molecule has 4 nitrogen and oxygen atoms in total. The van der Waals surface area contributed by atoms with Crippen LogP contribution in [-0.4, -0.2) is 42.7 Å². The minimum atomic E-state index is -0.677. The van der Waals surface area contributed by atoms with Gasteiger partial charge in [-0.2, -0.15) is 0 Å². The summed E-state index contributed by atoms with van der Waals surface area (Å²) in [5.41, 5.74) is -0.229. The molecule has 1 amide bonds. The number of carbonyl (C=O) groups excluding carboxylic acids is 1. The van der Waals surface area contributed by atoms with Gasteiger partial charge in [0.05, 0.1) is 0 Å². The summed E-state index contributed by atoms with van der Waals surface area (Å²) < 4.78 is 18.7. The molecule has 1 heterocycles. The zero-order valence-electron chi connectivity index (χ0n) is 10.9. The summed E-state index contributed by atoms with van der Waals surface area (Å²) in [7, 11) is 1.66. The topological polar surface area (TPSA) is 49.8 Å². The van der Waals surface area contributed by atoms with E-state index in [9.17, 15) is 14.3 Å². The van der Waals surface area contributed by atoms with Gasteiger partial charge in [0.2, 0.25) is 0 Å². The van der Waals surface area contributed by atoms with E-state index >= 15 is 0 Å². The third-order valence-electron chi connectivity index (χ3n) is 3.51. The van der Waals surface area contributed by atoms with Crippen LogP contribution < -0.4 is 0 Å². The number of rotatable bonds is 3. The molecular formula is C14H18FNO3. The number of benzene rings is 1. The number of halogens is 1. The van der Waals surface area contributed by atoms with Gasteiger partial charge in [-0.05, 0) is 30.9 Å². The maximum Gasteiger partial charge on any atom is 0.260 e. The van der Waals surface area contributed by atoms with E-state index in [0.717, 1.165) is 12.8 Å². The lowest BCUT2D eigenvalue weighted by atomic mass is 9.97. The summed E-state index contributed by atoms with van der Waals surface area (Å²) in [6.45, 7) is 1.83. The monoisotopic (exact) mass is 267 g/mol. The van der Waals surface area contributed by atoms with Gasteiger partial charge in [0.25, 0.3) is 5.91 Å². The van der Waals surface area contributed by atoms with Crippen molar-refractivity contribution in [3.8, 4) is 5.75 Å². The van der Waals surface area contributed by atoms with Crippen molar-refractivity contribution in [2.45, 2.75) is 12.8 Å². The lowest BCUT2D eigenvalue weighted by Crippen LogP contribution is -2.39. The average molecular weight is 267 g/mol. The number of aromatic hydroxyl groups is 1. The molecule has 104 valence electrons. The van der Waals surface area contributed by atoms with Crippen molar-refractivity contribution in [1.82, 2.24) is 4.90 Å². The lowest BCUT2D eigenvalue weighted by Gasteiger charge is -2.31. The van der Waals surface area contributed by atoms with Gasteiger partial charge in [0.15, 0.2) is 0 Å². The maximum atomic E-state index is 13.6. The molecule has 1 N–H and O–H groups in total. The quantitative estimate of drug-likeness (QED) is 0.911. The Hall–Kier alpha value is -1.62. The predicted molar refractivity (Wildman–Crippen MR) is 68.6 cm³/mol. The molecule has 1 aromatic carbocycles. The molecule has 0 spiro atoms. The van der Waals surface area contributed by atoms with Gasteiger partial charge in [-0.15, -0.1) is 0 Å². The largest absolute Gasteiger partial charge is 0.507 e. The van der Waals surface area contributed by atoms with Crippen LogP contribution in [0.4, 0.5) is 4.39 Å². The first-order valence-corrected chi connectivity index (χ1v) is 6.39. The number of likely N-dealkylation sites (tertiary alicyclic amines) is 1. The number of carbonyl (C=O) groups is 1. The summed E-state index contributed by atoms with van der Waals surface area (Å²) in [6, 6.07) is 3.89. The van der Waals surface area contributed by atoms with Crippen LogP contribution in [0, 0.1) is 11.7 Å². The van der Waals surface area contributed by atoms with Crippen LogP contribution in [0.2, 0.25) is 0 Å². The van der Waals surface area contributed by atoms with Crippen molar-refractivity contribution >= 4 is 5.91 Å². The van der Waals surface area contributed by atoms with Crippen LogP contribution in [0.5, 0.6) is 5.75 Å². The van der Waals surface area contributed by atoms with Crippen molar-refractivity contribution in [1.29, 1.82) is 0 Å². The van der Waals surface area contributed by atoms with Crippen LogP contribution >= 0.6 is 0 Å². The fourth-order valence-electron chi connectivity index (χ4n) is 2.42. The lowest BCUT2D eigenvalue weighted by molar-refractivity contribution is 0.0606. The molecule has 1 aliphatic heterocycles. The summed E-state index contributed by atoms with van der Waals surface area (Å²) >= 11 is 0. The highest BCUT2D eigenvalue weighted by Crippen LogP contribution is 2.25. The smallest absolute Gasteiger partial charge is 0.260 e. The Morgan fingerprint density at radius 3 is 2.74 bits per heavy atom. The van der Waals surface area contributed by atoms with Gasteiger partial charge >= 0.3 is 0 Å². The molecule has 19 heavy (non-hydrogen) atoms. The maximum absolute atomic E-state index is 13.6. The summed E-state index contributed by atoms with van der Waals surface area (Å²) in [5, 5.41) is 9.62. The molecule has 1 aliphatic rings. The number of piperidine rings is 1. The van der Waals surface area contributed by atoms with Gasteiger partial charge in [-0.3, -0.25) is 4.79 Å². The second-order valence-electron chi connectivity index (χ2n) is 4.82. The number of amides is 1. The molecule has 0 unspecified atom stereocenters. The van der Waals surface area contributed by atoms with Crippen molar-refractivity contribution < 1.29 is 19.0 Å². The molecule has 5 heteroatoms. The van der Waals surface area contributed by atoms with Gasteiger partial charge in [-0.25, -0.2) is 4.39 Å². The van der Waals surface area contributed by atoms with Crippen LogP contribution in [0.1, 0.15) is 23.2 Å². The number of hydrogen-bond acceptors (Lipinski definition) is 3. The van der Waals surface area contributed by atoms with Crippen molar-refractivity contribution in [2.24, 2.45) is 5.92 Å². The normalized spacial score (nSPS) is 16.6. The Bertz CT molecular complexity index is 436. The predicted octanol–water partition coefficient (Wildman–Crippen LogP) is 2.03. The molecule has 0 atom stereocenters.